The first kappa shape index (κ1) is 21.3. The van der Waals surface area contributed by atoms with E-state index in [1.807, 2.05) is 0 Å². The summed E-state index contributed by atoms with van der Waals surface area (Å²) >= 11 is 1.78. The molecule has 0 aliphatic rings. The number of thioether (sulfide) groups is 1. The number of hydrogen-bond donors (Lipinski definition) is 0. The molecule has 128 valence electrons. The Morgan fingerprint density at radius 2 is 1.00 bits per heavy atom. The zero-order valence-corrected chi connectivity index (χ0v) is 15.4. The Balaban J connectivity index is 2.90. The second-order valence-electron chi connectivity index (χ2n) is 5.88. The molecule has 0 spiro atoms. The molecule has 0 atom stereocenters. The number of hydrogen-bond acceptors (Lipinski definition) is 3. The summed E-state index contributed by atoms with van der Waals surface area (Å²) in [6, 6.07) is 0. The molecule has 0 saturated carbocycles. The molecule has 0 aromatic heterocycles. The van der Waals surface area contributed by atoms with E-state index in [0.29, 0.717) is 6.61 Å². The van der Waals surface area contributed by atoms with Gasteiger partial charge in [0.15, 0.2) is 0 Å². The van der Waals surface area contributed by atoms with Crippen LogP contribution in [0.5, 0.6) is 0 Å². The third-order valence-corrected chi connectivity index (χ3v) is 4.36. The molecule has 0 aromatic carbocycles. The van der Waals surface area contributed by atoms with E-state index in [-0.39, 0.29) is 0 Å². The second-order valence-corrected chi connectivity index (χ2v) is 6.86. The van der Waals surface area contributed by atoms with Crippen LogP contribution in [0.25, 0.3) is 0 Å². The molecule has 0 amide bonds. The molecule has 0 aliphatic carbocycles. The summed E-state index contributed by atoms with van der Waals surface area (Å²) in [5.74, 6) is 1.01. The van der Waals surface area contributed by atoms with Gasteiger partial charge in [-0.1, -0.05) is 84.0 Å². The van der Waals surface area contributed by atoms with Crippen LogP contribution in [0, 0.1) is 0 Å². The lowest BCUT2D eigenvalue weighted by atomic mass is 10.0. The van der Waals surface area contributed by atoms with Crippen LogP contribution < -0.4 is 0 Å². The third-order valence-electron chi connectivity index (χ3n) is 3.79. The van der Waals surface area contributed by atoms with Crippen LogP contribution in [-0.4, -0.2) is 25.2 Å². The quantitative estimate of drug-likeness (QED) is 0.166. The van der Waals surface area contributed by atoms with Gasteiger partial charge >= 0.3 is 0 Å². The van der Waals surface area contributed by atoms with Gasteiger partial charge in [-0.3, -0.25) is 0 Å². The van der Waals surface area contributed by atoms with E-state index in [4.69, 9.17) is 9.78 Å². The molecule has 21 heavy (non-hydrogen) atoms. The first-order valence-electron chi connectivity index (χ1n) is 9.15. The van der Waals surface area contributed by atoms with Crippen molar-refractivity contribution in [3.63, 3.8) is 0 Å². The summed E-state index contributed by atoms with van der Waals surface area (Å²) in [6.45, 7) is 3.75. The minimum atomic E-state index is 0.708. The van der Waals surface area contributed by atoms with Crippen molar-refractivity contribution in [2.75, 3.05) is 25.2 Å². The van der Waals surface area contributed by atoms with E-state index in [1.165, 1.54) is 77.0 Å². The standard InChI is InChI=1S/C18H38O2S/c1-3-4-5-6-7-8-9-10-11-12-13-14-15-16-19-20-17-18-21-2/h3-18H2,1-2H3. The Labute approximate surface area is 137 Å². The summed E-state index contributed by atoms with van der Waals surface area (Å²) in [5, 5.41) is 0. The van der Waals surface area contributed by atoms with Crippen LogP contribution in [0.15, 0.2) is 0 Å². The maximum atomic E-state index is 5.12. The van der Waals surface area contributed by atoms with Gasteiger partial charge in [-0.2, -0.15) is 11.8 Å². The molecule has 0 radical (unpaired) electrons. The highest BCUT2D eigenvalue weighted by molar-refractivity contribution is 7.98. The van der Waals surface area contributed by atoms with Gasteiger partial charge in [0.05, 0.1) is 13.2 Å². The van der Waals surface area contributed by atoms with E-state index in [0.717, 1.165) is 18.8 Å². The van der Waals surface area contributed by atoms with Crippen molar-refractivity contribution in [3.05, 3.63) is 0 Å². The molecule has 0 heterocycles. The van der Waals surface area contributed by atoms with Crippen molar-refractivity contribution in [1.29, 1.82) is 0 Å². The van der Waals surface area contributed by atoms with Gasteiger partial charge in [-0.15, -0.1) is 0 Å². The topological polar surface area (TPSA) is 18.5 Å². The molecule has 2 nitrogen and oxygen atoms in total. The van der Waals surface area contributed by atoms with Crippen molar-refractivity contribution in [2.45, 2.75) is 90.4 Å². The van der Waals surface area contributed by atoms with E-state index >= 15 is 0 Å². The lowest BCUT2D eigenvalue weighted by Crippen LogP contribution is -2.00. The van der Waals surface area contributed by atoms with Crippen molar-refractivity contribution < 1.29 is 9.78 Å². The molecular formula is C18H38O2S. The van der Waals surface area contributed by atoms with Crippen molar-refractivity contribution in [2.24, 2.45) is 0 Å². The zero-order valence-electron chi connectivity index (χ0n) is 14.5. The van der Waals surface area contributed by atoms with Gasteiger partial charge in [0.2, 0.25) is 0 Å². The van der Waals surface area contributed by atoms with Crippen LogP contribution in [0.3, 0.4) is 0 Å². The lowest BCUT2D eigenvalue weighted by molar-refractivity contribution is -0.290. The largest absolute Gasteiger partial charge is 0.237 e. The number of rotatable bonds is 18. The Morgan fingerprint density at radius 3 is 1.48 bits per heavy atom. The van der Waals surface area contributed by atoms with Crippen LogP contribution in [0.1, 0.15) is 90.4 Å². The van der Waals surface area contributed by atoms with Gasteiger partial charge in [0.1, 0.15) is 0 Å². The first-order valence-corrected chi connectivity index (χ1v) is 10.5. The first-order chi connectivity index (χ1) is 10.4. The summed E-state index contributed by atoms with van der Waals surface area (Å²) in [7, 11) is 0. The molecule has 0 bridgehead atoms. The van der Waals surface area contributed by atoms with E-state index < -0.39 is 0 Å². The number of unbranched alkanes of at least 4 members (excludes halogenated alkanes) is 12. The van der Waals surface area contributed by atoms with Crippen LogP contribution >= 0.6 is 11.8 Å². The summed E-state index contributed by atoms with van der Waals surface area (Å²) < 4.78 is 0. The Kier molecular flexibility index (Phi) is 20.5. The predicted octanol–water partition coefficient (Wildman–Crippen LogP) is 6.39. The molecule has 0 aromatic rings. The van der Waals surface area contributed by atoms with E-state index in [1.54, 1.807) is 11.8 Å². The average molecular weight is 319 g/mol. The highest BCUT2D eigenvalue weighted by Crippen LogP contribution is 2.12. The summed E-state index contributed by atoms with van der Waals surface area (Å²) in [5.41, 5.74) is 0. The van der Waals surface area contributed by atoms with Gasteiger partial charge in [-0.25, -0.2) is 9.78 Å². The fraction of sp³-hybridized carbons (Fsp3) is 1.00. The molecular weight excluding hydrogens is 280 g/mol. The van der Waals surface area contributed by atoms with Crippen LogP contribution in [0.4, 0.5) is 0 Å². The van der Waals surface area contributed by atoms with Crippen molar-refractivity contribution in [1.82, 2.24) is 0 Å². The Morgan fingerprint density at radius 1 is 0.571 bits per heavy atom. The Bertz CT molecular complexity index is 159. The smallest absolute Gasteiger partial charge is 0.0912 e. The highest BCUT2D eigenvalue weighted by atomic mass is 32.2. The van der Waals surface area contributed by atoms with Crippen molar-refractivity contribution >= 4 is 11.8 Å². The molecule has 0 aliphatic heterocycles. The summed E-state index contributed by atoms with van der Waals surface area (Å²) in [4.78, 5) is 10.2. The minimum absolute atomic E-state index is 0.708. The fourth-order valence-electron chi connectivity index (χ4n) is 2.41. The fourth-order valence-corrected chi connectivity index (χ4v) is 2.65. The molecule has 0 unspecified atom stereocenters. The van der Waals surface area contributed by atoms with Crippen LogP contribution in [-0.2, 0) is 9.78 Å². The van der Waals surface area contributed by atoms with Gasteiger partial charge in [-0.05, 0) is 12.7 Å². The normalized spacial score (nSPS) is 11.1. The molecule has 0 saturated heterocycles. The molecule has 0 N–H and O–H groups in total. The predicted molar refractivity (Wildman–Crippen MR) is 96.0 cm³/mol. The van der Waals surface area contributed by atoms with Crippen LogP contribution in [0.2, 0.25) is 0 Å². The van der Waals surface area contributed by atoms with Gasteiger partial charge in [0.25, 0.3) is 0 Å². The SMILES string of the molecule is CCCCCCCCCCCCCCCOOCCSC. The van der Waals surface area contributed by atoms with Crippen molar-refractivity contribution in [3.8, 4) is 0 Å². The maximum Gasteiger partial charge on any atom is 0.0912 e. The Hall–Kier alpha value is 0.270. The third kappa shape index (κ3) is 20.3. The second kappa shape index (κ2) is 20.3. The van der Waals surface area contributed by atoms with Gasteiger partial charge < -0.3 is 0 Å². The average Bonchev–Trinajstić information content (AvgIpc) is 2.50. The monoisotopic (exact) mass is 318 g/mol. The van der Waals surface area contributed by atoms with E-state index in [2.05, 4.69) is 13.2 Å². The van der Waals surface area contributed by atoms with Gasteiger partial charge in [0, 0.05) is 5.75 Å². The highest BCUT2D eigenvalue weighted by Gasteiger charge is 1.94. The zero-order chi connectivity index (χ0) is 15.4. The molecule has 3 heteroatoms. The molecule has 0 rings (SSSR count). The van der Waals surface area contributed by atoms with E-state index in [9.17, 15) is 0 Å². The molecule has 0 fully saturated rings. The minimum Gasteiger partial charge on any atom is -0.237 e. The summed E-state index contributed by atoms with van der Waals surface area (Å²) in [6.07, 6.45) is 20.1. The lowest BCUT2D eigenvalue weighted by Gasteiger charge is -2.04. The maximum absolute atomic E-state index is 5.12.